The molecule has 0 aromatic heterocycles. The third-order valence-electron chi connectivity index (χ3n) is 5.41. The zero-order chi connectivity index (χ0) is 17.5. The summed E-state index contributed by atoms with van der Waals surface area (Å²) in [6.45, 7) is 8.48. The predicted molar refractivity (Wildman–Crippen MR) is 101 cm³/mol. The monoisotopic (exact) mass is 347 g/mol. The summed E-state index contributed by atoms with van der Waals surface area (Å²) in [4.78, 5) is 7.47. The Bertz CT molecular complexity index is 491. The number of rotatable bonds is 7. The molecule has 3 rings (SSSR count). The molecule has 2 aliphatic heterocycles. The van der Waals surface area contributed by atoms with Gasteiger partial charge in [-0.1, -0.05) is 30.3 Å². The van der Waals surface area contributed by atoms with E-state index in [2.05, 4.69) is 21.7 Å². The number of aliphatic hydroxyl groups excluding tert-OH is 1. The van der Waals surface area contributed by atoms with Crippen molar-refractivity contribution in [3.8, 4) is 0 Å². The molecular weight excluding hydrogens is 314 g/mol. The van der Waals surface area contributed by atoms with Crippen LogP contribution in [0.3, 0.4) is 0 Å². The van der Waals surface area contributed by atoms with E-state index in [1.165, 1.54) is 25.9 Å². The van der Waals surface area contributed by atoms with Crippen LogP contribution in [-0.4, -0.2) is 91.4 Å². The van der Waals surface area contributed by atoms with Crippen molar-refractivity contribution < 1.29 is 9.84 Å². The molecule has 5 nitrogen and oxygen atoms in total. The van der Waals surface area contributed by atoms with E-state index in [9.17, 15) is 5.11 Å². The molecule has 0 saturated carbocycles. The molecule has 0 aliphatic carbocycles. The number of piperazine rings is 1. The highest BCUT2D eigenvalue weighted by atomic mass is 16.5. The van der Waals surface area contributed by atoms with Crippen molar-refractivity contribution in [2.75, 3.05) is 59.5 Å². The molecule has 0 bridgehead atoms. The van der Waals surface area contributed by atoms with Gasteiger partial charge in [0.2, 0.25) is 0 Å². The molecular formula is C20H33N3O2. The average molecular weight is 348 g/mol. The molecule has 2 unspecified atom stereocenters. The molecule has 0 amide bonds. The normalized spacial score (nSPS) is 25.1. The minimum Gasteiger partial charge on any atom is -0.389 e. The molecule has 25 heavy (non-hydrogen) atoms. The van der Waals surface area contributed by atoms with Gasteiger partial charge in [-0.3, -0.25) is 9.80 Å². The van der Waals surface area contributed by atoms with E-state index in [4.69, 9.17) is 4.74 Å². The summed E-state index contributed by atoms with van der Waals surface area (Å²) < 4.78 is 5.66. The number of likely N-dealkylation sites (N-methyl/N-ethyl adjacent to an activating group) is 1. The second kappa shape index (κ2) is 9.64. The average Bonchev–Trinajstić information content (AvgIpc) is 2.63. The Balaban J connectivity index is 1.31. The number of aliphatic hydroxyl groups is 1. The number of piperidine rings is 1. The zero-order valence-corrected chi connectivity index (χ0v) is 15.5. The summed E-state index contributed by atoms with van der Waals surface area (Å²) >= 11 is 0. The van der Waals surface area contributed by atoms with Gasteiger partial charge in [-0.05, 0) is 32.0 Å². The van der Waals surface area contributed by atoms with Crippen LogP contribution >= 0.6 is 0 Å². The Morgan fingerprint density at radius 2 is 1.88 bits per heavy atom. The van der Waals surface area contributed by atoms with Gasteiger partial charge in [0.05, 0.1) is 19.3 Å². The van der Waals surface area contributed by atoms with Crippen LogP contribution in [0.2, 0.25) is 0 Å². The number of hydrogen-bond acceptors (Lipinski definition) is 5. The number of likely N-dealkylation sites (tertiary alicyclic amines) is 1. The number of β-amino-alcohol motifs (C(OH)–C–C–N with tert-alkyl or cyclic N) is 1. The zero-order valence-electron chi connectivity index (χ0n) is 15.5. The van der Waals surface area contributed by atoms with E-state index >= 15 is 0 Å². The Labute approximate surface area is 152 Å². The Morgan fingerprint density at radius 1 is 1.12 bits per heavy atom. The minimum absolute atomic E-state index is 0.405. The number of benzene rings is 1. The van der Waals surface area contributed by atoms with Crippen molar-refractivity contribution in [2.24, 2.45) is 0 Å². The highest BCUT2D eigenvalue weighted by Crippen LogP contribution is 2.16. The van der Waals surface area contributed by atoms with Gasteiger partial charge < -0.3 is 14.7 Å². The maximum atomic E-state index is 10.2. The molecule has 1 aromatic rings. The Morgan fingerprint density at radius 3 is 2.60 bits per heavy atom. The summed E-state index contributed by atoms with van der Waals surface area (Å²) in [7, 11) is 2.23. The van der Waals surface area contributed by atoms with Crippen molar-refractivity contribution >= 4 is 0 Å². The van der Waals surface area contributed by atoms with Gasteiger partial charge >= 0.3 is 0 Å². The minimum atomic E-state index is -0.406. The van der Waals surface area contributed by atoms with Gasteiger partial charge in [-0.15, -0.1) is 0 Å². The standard InChI is InChI=1S/C20H33N3O2/c1-21-9-5-8-19(14-21)23-12-10-22(11-13-23)15-20(24)17-25-16-18-6-3-2-4-7-18/h2-4,6-7,19-20,24H,5,8-17H2,1H3. The van der Waals surface area contributed by atoms with E-state index in [-0.39, 0.29) is 0 Å². The van der Waals surface area contributed by atoms with Crippen LogP contribution < -0.4 is 0 Å². The molecule has 2 aliphatic rings. The summed E-state index contributed by atoms with van der Waals surface area (Å²) in [5.74, 6) is 0. The fraction of sp³-hybridized carbons (Fsp3) is 0.700. The summed E-state index contributed by atoms with van der Waals surface area (Å²) in [5.41, 5.74) is 1.15. The fourth-order valence-electron chi connectivity index (χ4n) is 3.99. The third kappa shape index (κ3) is 6.04. The van der Waals surface area contributed by atoms with Crippen molar-refractivity contribution in [3.63, 3.8) is 0 Å². The van der Waals surface area contributed by atoms with Crippen LogP contribution in [-0.2, 0) is 11.3 Å². The Kier molecular flexibility index (Phi) is 7.25. The van der Waals surface area contributed by atoms with Crippen LogP contribution in [0, 0.1) is 0 Å². The van der Waals surface area contributed by atoms with Crippen LogP contribution in [0.15, 0.2) is 30.3 Å². The van der Waals surface area contributed by atoms with Gasteiger partial charge in [0.25, 0.3) is 0 Å². The lowest BCUT2D eigenvalue weighted by atomic mass is 10.0. The highest BCUT2D eigenvalue weighted by molar-refractivity contribution is 5.13. The first kappa shape index (κ1) is 18.8. The number of nitrogens with zero attached hydrogens (tertiary/aromatic N) is 3. The SMILES string of the molecule is CN1CCCC(N2CCN(CC(O)COCc3ccccc3)CC2)C1. The number of ether oxygens (including phenoxy) is 1. The van der Waals surface area contributed by atoms with Crippen molar-refractivity contribution in [3.05, 3.63) is 35.9 Å². The first-order valence-electron chi connectivity index (χ1n) is 9.65. The summed E-state index contributed by atoms with van der Waals surface area (Å²) in [6.07, 6.45) is 2.25. The fourth-order valence-corrected chi connectivity index (χ4v) is 3.99. The van der Waals surface area contributed by atoms with E-state index in [1.807, 2.05) is 30.3 Å². The molecule has 0 radical (unpaired) electrons. The first-order chi connectivity index (χ1) is 12.2. The lowest BCUT2D eigenvalue weighted by molar-refractivity contribution is -0.00557. The third-order valence-corrected chi connectivity index (χ3v) is 5.41. The smallest absolute Gasteiger partial charge is 0.0900 e. The highest BCUT2D eigenvalue weighted by Gasteiger charge is 2.27. The topological polar surface area (TPSA) is 39.2 Å². The van der Waals surface area contributed by atoms with Crippen molar-refractivity contribution in [1.82, 2.24) is 14.7 Å². The maximum Gasteiger partial charge on any atom is 0.0900 e. The molecule has 2 fully saturated rings. The quantitative estimate of drug-likeness (QED) is 0.804. The van der Waals surface area contributed by atoms with Crippen LogP contribution in [0.4, 0.5) is 0 Å². The van der Waals surface area contributed by atoms with Crippen LogP contribution in [0.25, 0.3) is 0 Å². The van der Waals surface area contributed by atoms with Crippen LogP contribution in [0.5, 0.6) is 0 Å². The Hall–Kier alpha value is -0.980. The molecule has 1 N–H and O–H groups in total. The lowest BCUT2D eigenvalue weighted by Gasteiger charge is -2.43. The van der Waals surface area contributed by atoms with Crippen molar-refractivity contribution in [2.45, 2.75) is 31.6 Å². The molecule has 2 saturated heterocycles. The van der Waals surface area contributed by atoms with Crippen LogP contribution in [0.1, 0.15) is 18.4 Å². The molecule has 1 aromatic carbocycles. The summed E-state index contributed by atoms with van der Waals surface area (Å²) in [5, 5.41) is 10.2. The van der Waals surface area contributed by atoms with E-state index in [0.717, 1.165) is 37.8 Å². The molecule has 140 valence electrons. The maximum absolute atomic E-state index is 10.2. The van der Waals surface area contributed by atoms with Crippen molar-refractivity contribution in [1.29, 1.82) is 0 Å². The van der Waals surface area contributed by atoms with Gasteiger partial charge in [0, 0.05) is 45.3 Å². The van der Waals surface area contributed by atoms with E-state index < -0.39 is 6.10 Å². The van der Waals surface area contributed by atoms with Gasteiger partial charge in [-0.25, -0.2) is 0 Å². The molecule has 2 heterocycles. The second-order valence-corrected chi connectivity index (χ2v) is 7.55. The van der Waals surface area contributed by atoms with Gasteiger partial charge in [-0.2, -0.15) is 0 Å². The second-order valence-electron chi connectivity index (χ2n) is 7.55. The molecule has 0 spiro atoms. The van der Waals surface area contributed by atoms with Gasteiger partial charge in [0.15, 0.2) is 0 Å². The number of hydrogen-bond donors (Lipinski definition) is 1. The van der Waals surface area contributed by atoms with E-state index in [0.29, 0.717) is 19.8 Å². The first-order valence-corrected chi connectivity index (χ1v) is 9.65. The van der Waals surface area contributed by atoms with Gasteiger partial charge in [0.1, 0.15) is 0 Å². The summed E-state index contributed by atoms with van der Waals surface area (Å²) in [6, 6.07) is 10.9. The molecule has 5 heteroatoms. The van der Waals surface area contributed by atoms with E-state index in [1.54, 1.807) is 0 Å². The molecule has 2 atom stereocenters. The largest absolute Gasteiger partial charge is 0.389 e. The lowest BCUT2D eigenvalue weighted by Crippen LogP contribution is -2.55. The predicted octanol–water partition coefficient (Wildman–Crippen LogP) is 1.28.